The van der Waals surface area contributed by atoms with E-state index in [9.17, 15) is 0 Å². The Hall–Kier alpha value is -1.17. The fourth-order valence-corrected chi connectivity index (χ4v) is 1.90. The van der Waals surface area contributed by atoms with Crippen molar-refractivity contribution >= 4 is 52.4 Å². The smallest absolute Gasteiger partial charge is 0.300 e. The van der Waals surface area contributed by atoms with E-state index in [0.717, 1.165) is 6.92 Å². The summed E-state index contributed by atoms with van der Waals surface area (Å²) in [6, 6.07) is 3.50. The number of nitrogens with zero attached hydrogens (tertiary/aromatic N) is 2. The van der Waals surface area contributed by atoms with Crippen LogP contribution < -0.4 is 0 Å². The molecule has 0 bridgehead atoms. The van der Waals surface area contributed by atoms with Crippen molar-refractivity contribution in [1.82, 2.24) is 0 Å². The molecule has 0 heterocycles. The largest absolute Gasteiger partial charge is 0.481 e. The van der Waals surface area contributed by atoms with Crippen LogP contribution in [-0.4, -0.2) is 11.1 Å². The molecule has 1 N–H and O–H groups in total. The first-order chi connectivity index (χ1) is 8.27. The zero-order valence-corrected chi connectivity index (χ0v) is 11.8. The summed E-state index contributed by atoms with van der Waals surface area (Å²) in [4.78, 5) is 9.00. The molecule has 0 aliphatic rings. The minimum Gasteiger partial charge on any atom is -0.481 e. The molecule has 0 atom stereocenters. The molecule has 18 heavy (non-hydrogen) atoms. The van der Waals surface area contributed by atoms with Crippen LogP contribution in [0.4, 0.5) is 0 Å². The fraction of sp³-hybridized carbons (Fsp3) is 0.100. The van der Waals surface area contributed by atoms with Gasteiger partial charge in [-0.3, -0.25) is 4.79 Å². The van der Waals surface area contributed by atoms with E-state index in [4.69, 9.17) is 66.8 Å². The predicted octanol–water partition coefficient (Wildman–Crippen LogP) is 4.13. The Morgan fingerprint density at radius 1 is 0.944 bits per heavy atom. The average Bonchev–Trinajstić information content (AvgIpc) is 2.27. The van der Waals surface area contributed by atoms with Gasteiger partial charge in [0.1, 0.15) is 12.1 Å². The van der Waals surface area contributed by atoms with Crippen LogP contribution in [0, 0.1) is 22.7 Å². The summed E-state index contributed by atoms with van der Waals surface area (Å²) in [6.45, 7) is 1.08. The van der Waals surface area contributed by atoms with Crippen LogP contribution in [0.25, 0.3) is 0 Å². The number of carboxylic acids is 1. The first kappa shape index (κ1) is 16.8. The van der Waals surface area contributed by atoms with Gasteiger partial charge in [-0.2, -0.15) is 10.5 Å². The van der Waals surface area contributed by atoms with Gasteiger partial charge in [-0.25, -0.2) is 0 Å². The lowest BCUT2D eigenvalue weighted by Crippen LogP contribution is -1.89. The van der Waals surface area contributed by atoms with Crippen molar-refractivity contribution in [3.63, 3.8) is 0 Å². The minimum atomic E-state index is -0.833. The van der Waals surface area contributed by atoms with Gasteiger partial charge in [0.25, 0.3) is 5.97 Å². The van der Waals surface area contributed by atoms with Crippen molar-refractivity contribution in [2.45, 2.75) is 6.92 Å². The number of hydrogen-bond acceptors (Lipinski definition) is 3. The molecule has 0 aliphatic carbocycles. The molecule has 0 saturated carbocycles. The summed E-state index contributed by atoms with van der Waals surface area (Å²) in [6.07, 6.45) is 0. The van der Waals surface area contributed by atoms with Crippen molar-refractivity contribution in [2.24, 2.45) is 0 Å². The Morgan fingerprint density at radius 3 is 1.44 bits per heavy atom. The Bertz CT molecular complexity index is 528. The van der Waals surface area contributed by atoms with Gasteiger partial charge >= 0.3 is 0 Å². The quantitative estimate of drug-likeness (QED) is 0.574. The summed E-state index contributed by atoms with van der Waals surface area (Å²) in [7, 11) is 0. The molecule has 0 aromatic heterocycles. The number of nitriles is 2. The average molecular weight is 326 g/mol. The van der Waals surface area contributed by atoms with Crippen LogP contribution in [0.2, 0.25) is 20.1 Å². The molecule has 1 aromatic carbocycles. The molecule has 1 rings (SSSR count). The molecular formula is C10H4Cl4N2O2. The molecule has 1 aromatic rings. The van der Waals surface area contributed by atoms with Gasteiger partial charge < -0.3 is 5.11 Å². The minimum absolute atomic E-state index is 0.0363. The molecule has 94 valence electrons. The van der Waals surface area contributed by atoms with Crippen molar-refractivity contribution in [3.05, 3.63) is 31.2 Å². The third-order valence-corrected chi connectivity index (χ3v) is 3.19. The summed E-state index contributed by atoms with van der Waals surface area (Å²) in [5, 5.41) is 24.6. The number of halogens is 4. The van der Waals surface area contributed by atoms with E-state index in [1.165, 1.54) is 0 Å². The van der Waals surface area contributed by atoms with Crippen LogP contribution in [0.15, 0.2) is 0 Å². The van der Waals surface area contributed by atoms with E-state index >= 15 is 0 Å². The highest BCUT2D eigenvalue weighted by Crippen LogP contribution is 2.40. The maximum atomic E-state index is 9.00. The SMILES string of the molecule is CC(=O)O.N#Cc1c(Cl)c(Cl)c(Cl)c(C#N)c1Cl. The maximum absolute atomic E-state index is 9.00. The van der Waals surface area contributed by atoms with Crippen LogP contribution >= 0.6 is 46.4 Å². The van der Waals surface area contributed by atoms with Gasteiger partial charge in [0, 0.05) is 6.92 Å². The molecule has 0 unspecified atom stereocenters. The summed E-state index contributed by atoms with van der Waals surface area (Å²) >= 11 is 22.8. The van der Waals surface area contributed by atoms with Crippen molar-refractivity contribution in [1.29, 1.82) is 10.5 Å². The second kappa shape index (κ2) is 7.31. The summed E-state index contributed by atoms with van der Waals surface area (Å²) in [5.41, 5.74) is -0.0847. The normalized spacial score (nSPS) is 8.61. The number of aliphatic carboxylic acids is 1. The number of rotatable bonds is 0. The Labute approximate surface area is 123 Å². The topological polar surface area (TPSA) is 84.9 Å². The highest BCUT2D eigenvalue weighted by molar-refractivity contribution is 6.50. The van der Waals surface area contributed by atoms with Crippen LogP contribution in [0.3, 0.4) is 0 Å². The molecule has 0 fully saturated rings. The molecule has 0 radical (unpaired) electrons. The Kier molecular flexibility index (Phi) is 6.83. The Morgan fingerprint density at radius 2 is 1.22 bits per heavy atom. The highest BCUT2D eigenvalue weighted by Gasteiger charge is 2.19. The van der Waals surface area contributed by atoms with Gasteiger partial charge in [0.2, 0.25) is 0 Å². The van der Waals surface area contributed by atoms with E-state index in [-0.39, 0.29) is 31.2 Å². The molecule has 0 spiro atoms. The molecule has 8 heteroatoms. The number of carboxylic acid groups (broad SMARTS) is 1. The molecule has 0 saturated heterocycles. The van der Waals surface area contributed by atoms with Crippen LogP contribution in [-0.2, 0) is 4.79 Å². The third kappa shape index (κ3) is 3.94. The number of carbonyl (C=O) groups is 1. The second-order valence-corrected chi connectivity index (χ2v) is 4.26. The maximum Gasteiger partial charge on any atom is 0.300 e. The molecular weight excluding hydrogens is 322 g/mol. The van der Waals surface area contributed by atoms with Crippen LogP contribution in [0.5, 0.6) is 0 Å². The van der Waals surface area contributed by atoms with E-state index in [2.05, 4.69) is 0 Å². The molecule has 0 amide bonds. The lowest BCUT2D eigenvalue weighted by molar-refractivity contribution is -0.134. The van der Waals surface area contributed by atoms with Gasteiger partial charge in [0.05, 0.1) is 31.2 Å². The van der Waals surface area contributed by atoms with Crippen LogP contribution in [0.1, 0.15) is 18.1 Å². The predicted molar refractivity (Wildman–Crippen MR) is 69.2 cm³/mol. The Balaban J connectivity index is 0.000000631. The van der Waals surface area contributed by atoms with E-state index in [1.807, 2.05) is 0 Å². The fourth-order valence-electron chi connectivity index (χ4n) is 0.830. The van der Waals surface area contributed by atoms with E-state index in [0.29, 0.717) is 0 Å². The van der Waals surface area contributed by atoms with Crippen molar-refractivity contribution < 1.29 is 9.90 Å². The first-order valence-corrected chi connectivity index (χ1v) is 5.64. The number of hydrogen-bond donors (Lipinski definition) is 1. The zero-order valence-electron chi connectivity index (χ0n) is 8.76. The van der Waals surface area contributed by atoms with Crippen molar-refractivity contribution in [2.75, 3.05) is 0 Å². The highest BCUT2D eigenvalue weighted by atomic mass is 35.5. The second-order valence-electron chi connectivity index (χ2n) is 2.75. The van der Waals surface area contributed by atoms with Gasteiger partial charge in [-0.1, -0.05) is 46.4 Å². The third-order valence-electron chi connectivity index (χ3n) is 1.49. The summed E-state index contributed by atoms with van der Waals surface area (Å²) < 4.78 is 0. The lowest BCUT2D eigenvalue weighted by Gasteiger charge is -2.05. The van der Waals surface area contributed by atoms with E-state index < -0.39 is 5.97 Å². The zero-order chi connectivity index (χ0) is 14.5. The lowest BCUT2D eigenvalue weighted by atomic mass is 10.1. The standard InChI is InChI=1S/C8Cl4N2.C2H4O2/c9-5-3(1-13)6(10)8(12)7(11)4(5)2-14;1-2(3)4/h;1H3,(H,3,4). The first-order valence-electron chi connectivity index (χ1n) is 4.13. The van der Waals surface area contributed by atoms with E-state index in [1.54, 1.807) is 12.1 Å². The molecule has 4 nitrogen and oxygen atoms in total. The monoisotopic (exact) mass is 324 g/mol. The molecule has 0 aliphatic heterocycles. The van der Waals surface area contributed by atoms with Gasteiger partial charge in [0.15, 0.2) is 0 Å². The van der Waals surface area contributed by atoms with Gasteiger partial charge in [-0.15, -0.1) is 0 Å². The van der Waals surface area contributed by atoms with Crippen molar-refractivity contribution in [3.8, 4) is 12.1 Å². The number of benzene rings is 1. The van der Waals surface area contributed by atoms with Gasteiger partial charge in [-0.05, 0) is 0 Å². The summed E-state index contributed by atoms with van der Waals surface area (Å²) in [5.74, 6) is -0.833.